The molecule has 4 nitrogen and oxygen atoms in total. The average molecular weight is 323 g/mol. The fourth-order valence-electron chi connectivity index (χ4n) is 3.07. The van der Waals surface area contributed by atoms with Gasteiger partial charge in [0, 0.05) is 0 Å². The number of nitrogens with zero attached hydrogens (tertiary/aromatic N) is 1. The van der Waals surface area contributed by atoms with Crippen molar-refractivity contribution in [2.45, 2.75) is 25.0 Å². The van der Waals surface area contributed by atoms with Crippen molar-refractivity contribution in [3.63, 3.8) is 0 Å². The molecule has 1 amide bonds. The molecule has 0 unspecified atom stereocenters. The number of para-hydroxylation sites is 2. The average Bonchev–Trinajstić information content (AvgIpc) is 2.96. The van der Waals surface area contributed by atoms with Crippen molar-refractivity contribution >= 4 is 11.8 Å². The van der Waals surface area contributed by atoms with E-state index in [1.54, 1.807) is 18.1 Å². The number of ether oxygens (including phenoxy) is 2. The number of amides is 1. The van der Waals surface area contributed by atoms with Crippen molar-refractivity contribution in [3.05, 3.63) is 72.8 Å². The first-order chi connectivity index (χ1) is 11.7. The summed E-state index contributed by atoms with van der Waals surface area (Å²) in [7, 11) is 1.59. The maximum Gasteiger partial charge on any atom is 0.415 e. The molecule has 1 aliphatic heterocycles. The van der Waals surface area contributed by atoms with Gasteiger partial charge in [0.1, 0.15) is 11.9 Å². The zero-order valence-electron chi connectivity index (χ0n) is 13.7. The molecule has 24 heavy (non-hydrogen) atoms. The minimum absolute atomic E-state index is 0.211. The first-order valence-electron chi connectivity index (χ1n) is 8.04. The fourth-order valence-corrected chi connectivity index (χ4v) is 3.07. The second kappa shape index (κ2) is 7.21. The lowest BCUT2D eigenvalue weighted by Gasteiger charge is -2.23. The van der Waals surface area contributed by atoms with Crippen LogP contribution in [0.4, 0.5) is 10.5 Å². The monoisotopic (exact) mass is 323 g/mol. The number of methoxy groups -OCH3 is 1. The molecule has 0 aromatic heterocycles. The Kier molecular flexibility index (Phi) is 4.85. The molecular weight excluding hydrogens is 302 g/mol. The number of hydrogen-bond acceptors (Lipinski definition) is 3. The highest BCUT2D eigenvalue weighted by Gasteiger charge is 2.41. The summed E-state index contributed by atoms with van der Waals surface area (Å²) in [5.41, 5.74) is 1.93. The van der Waals surface area contributed by atoms with Gasteiger partial charge in [-0.3, -0.25) is 4.90 Å². The lowest BCUT2D eigenvalue weighted by molar-refractivity contribution is 0.131. The van der Waals surface area contributed by atoms with Gasteiger partial charge in [-0.25, -0.2) is 4.79 Å². The van der Waals surface area contributed by atoms with Crippen LogP contribution in [-0.4, -0.2) is 25.3 Å². The Morgan fingerprint density at radius 3 is 2.58 bits per heavy atom. The first-order valence-corrected chi connectivity index (χ1v) is 8.04. The number of carbonyl (C=O) groups excluding carboxylic acids is 1. The van der Waals surface area contributed by atoms with E-state index in [2.05, 4.69) is 18.7 Å². The van der Waals surface area contributed by atoms with Crippen molar-refractivity contribution in [2.75, 3.05) is 12.0 Å². The largest absolute Gasteiger partial charge is 0.495 e. The van der Waals surface area contributed by atoms with Crippen molar-refractivity contribution < 1.29 is 14.3 Å². The Morgan fingerprint density at radius 2 is 1.88 bits per heavy atom. The Labute approximate surface area is 142 Å². The van der Waals surface area contributed by atoms with Crippen molar-refractivity contribution in [2.24, 2.45) is 0 Å². The zero-order valence-corrected chi connectivity index (χ0v) is 13.7. The van der Waals surface area contributed by atoms with Gasteiger partial charge >= 0.3 is 6.09 Å². The Hall–Kier alpha value is -2.75. The van der Waals surface area contributed by atoms with Gasteiger partial charge in [-0.2, -0.15) is 0 Å². The molecule has 124 valence electrons. The van der Waals surface area contributed by atoms with Gasteiger partial charge in [0.25, 0.3) is 0 Å². The van der Waals surface area contributed by atoms with Crippen LogP contribution in [0.15, 0.2) is 67.3 Å². The maximum absolute atomic E-state index is 12.4. The predicted molar refractivity (Wildman–Crippen MR) is 94.5 cm³/mol. The number of aryl methyl sites for hydroxylation is 1. The smallest absolute Gasteiger partial charge is 0.415 e. The molecular formula is C20H21NO3. The van der Waals surface area contributed by atoms with Crippen LogP contribution < -0.4 is 9.64 Å². The number of rotatable bonds is 6. The van der Waals surface area contributed by atoms with Gasteiger partial charge < -0.3 is 9.47 Å². The molecule has 2 aromatic rings. The summed E-state index contributed by atoms with van der Waals surface area (Å²) in [6.07, 6.45) is 2.79. The third-order valence-electron chi connectivity index (χ3n) is 4.27. The first kappa shape index (κ1) is 16.1. The van der Waals surface area contributed by atoms with E-state index in [9.17, 15) is 4.79 Å². The van der Waals surface area contributed by atoms with Crippen LogP contribution in [0.25, 0.3) is 0 Å². The van der Waals surface area contributed by atoms with E-state index in [1.165, 1.54) is 5.56 Å². The van der Waals surface area contributed by atoms with Gasteiger partial charge in [0.2, 0.25) is 0 Å². The van der Waals surface area contributed by atoms with Gasteiger partial charge in [0.15, 0.2) is 0 Å². The molecule has 2 atom stereocenters. The molecule has 2 aromatic carbocycles. The summed E-state index contributed by atoms with van der Waals surface area (Å²) < 4.78 is 11.0. The van der Waals surface area contributed by atoms with Crippen molar-refractivity contribution in [1.29, 1.82) is 0 Å². The minimum atomic E-state index is -0.359. The molecule has 0 N–H and O–H groups in total. The molecule has 3 rings (SSSR count). The van der Waals surface area contributed by atoms with Crippen molar-refractivity contribution in [3.8, 4) is 5.75 Å². The summed E-state index contributed by atoms with van der Waals surface area (Å²) >= 11 is 0. The van der Waals surface area contributed by atoms with E-state index in [0.29, 0.717) is 11.4 Å². The molecule has 0 bridgehead atoms. The molecule has 1 aliphatic rings. The summed E-state index contributed by atoms with van der Waals surface area (Å²) in [6.45, 7) is 3.90. The molecule has 1 heterocycles. The second-order valence-electron chi connectivity index (χ2n) is 5.71. The topological polar surface area (TPSA) is 38.8 Å². The quantitative estimate of drug-likeness (QED) is 0.748. The van der Waals surface area contributed by atoms with Crippen LogP contribution in [-0.2, 0) is 11.2 Å². The molecule has 0 radical (unpaired) electrons. The van der Waals surface area contributed by atoms with E-state index >= 15 is 0 Å². The van der Waals surface area contributed by atoms with Crippen LogP contribution in [0.1, 0.15) is 12.0 Å². The summed E-state index contributed by atoms with van der Waals surface area (Å²) in [4.78, 5) is 14.1. The Bertz CT molecular complexity index is 714. The van der Waals surface area contributed by atoms with E-state index < -0.39 is 0 Å². The molecule has 0 saturated carbocycles. The molecule has 0 spiro atoms. The van der Waals surface area contributed by atoms with E-state index in [4.69, 9.17) is 9.47 Å². The Balaban J connectivity index is 1.79. The normalized spacial score (nSPS) is 19.9. The maximum atomic E-state index is 12.4. The highest BCUT2D eigenvalue weighted by Crippen LogP contribution is 2.35. The third-order valence-corrected chi connectivity index (χ3v) is 4.27. The standard InChI is InChI=1S/C20H21NO3/c1-3-16-19(14-13-15-9-5-4-6-10-15)24-20(22)21(16)17-11-7-8-12-18(17)23-2/h3-12,16,19H,1,13-14H2,2H3/t16-,19-/m0/s1. The molecule has 1 fully saturated rings. The van der Waals surface area contributed by atoms with Gasteiger partial charge in [-0.15, -0.1) is 6.58 Å². The number of hydrogen-bond donors (Lipinski definition) is 0. The van der Waals surface area contributed by atoms with E-state index in [0.717, 1.165) is 12.8 Å². The molecule has 0 aliphatic carbocycles. The van der Waals surface area contributed by atoms with Crippen LogP contribution >= 0.6 is 0 Å². The van der Waals surface area contributed by atoms with Gasteiger partial charge in [-0.05, 0) is 30.5 Å². The number of benzene rings is 2. The van der Waals surface area contributed by atoms with E-state index in [1.807, 2.05) is 42.5 Å². The summed E-state index contributed by atoms with van der Waals surface area (Å²) in [5, 5.41) is 0. The molecule has 4 heteroatoms. The van der Waals surface area contributed by atoms with E-state index in [-0.39, 0.29) is 18.2 Å². The van der Waals surface area contributed by atoms with Gasteiger partial charge in [-0.1, -0.05) is 48.5 Å². The predicted octanol–water partition coefficient (Wildman–Crippen LogP) is 4.21. The van der Waals surface area contributed by atoms with Crippen LogP contribution in [0.2, 0.25) is 0 Å². The second-order valence-corrected chi connectivity index (χ2v) is 5.71. The van der Waals surface area contributed by atoms with Crippen LogP contribution in [0.3, 0.4) is 0 Å². The SMILES string of the molecule is C=C[C@H]1[C@H](CCc2ccccc2)OC(=O)N1c1ccccc1OC. The molecule has 1 saturated heterocycles. The Morgan fingerprint density at radius 1 is 1.17 bits per heavy atom. The minimum Gasteiger partial charge on any atom is -0.495 e. The van der Waals surface area contributed by atoms with Gasteiger partial charge in [0.05, 0.1) is 18.8 Å². The number of anilines is 1. The lowest BCUT2D eigenvalue weighted by Crippen LogP contribution is -2.35. The summed E-state index contributed by atoms with van der Waals surface area (Å²) in [5.74, 6) is 0.644. The number of cyclic esters (lactones) is 1. The third kappa shape index (κ3) is 3.13. The van der Waals surface area contributed by atoms with Crippen molar-refractivity contribution in [1.82, 2.24) is 0 Å². The highest BCUT2D eigenvalue weighted by atomic mass is 16.6. The van der Waals surface area contributed by atoms with Crippen LogP contribution in [0.5, 0.6) is 5.75 Å². The zero-order chi connectivity index (χ0) is 16.9. The number of carbonyl (C=O) groups is 1. The highest BCUT2D eigenvalue weighted by molar-refractivity contribution is 5.93. The summed E-state index contributed by atoms with van der Waals surface area (Å²) in [6, 6.07) is 17.4. The van der Waals surface area contributed by atoms with Crippen LogP contribution in [0, 0.1) is 0 Å². The fraction of sp³-hybridized carbons (Fsp3) is 0.250. The lowest BCUT2D eigenvalue weighted by atomic mass is 10.0.